The van der Waals surface area contributed by atoms with Crippen LogP contribution >= 0.6 is 0 Å². The number of carbonyl (C=O) groups excluding carboxylic acids is 1. The summed E-state index contributed by atoms with van der Waals surface area (Å²) in [5, 5.41) is 2.72. The van der Waals surface area contributed by atoms with Crippen molar-refractivity contribution in [2.45, 2.75) is 58.8 Å². The van der Waals surface area contributed by atoms with Gasteiger partial charge in [-0.2, -0.15) is 0 Å². The quantitative estimate of drug-likeness (QED) is 0.532. The normalized spacial score (nSPS) is 12.9. The molecule has 0 saturated carbocycles. The van der Waals surface area contributed by atoms with Crippen molar-refractivity contribution in [2.75, 3.05) is 6.54 Å². The summed E-state index contributed by atoms with van der Waals surface area (Å²) in [4.78, 5) is 18.2. The van der Waals surface area contributed by atoms with Crippen LogP contribution < -0.4 is 5.32 Å². The van der Waals surface area contributed by atoms with Gasteiger partial charge in [-0.3, -0.25) is 4.79 Å². The SMILES string of the molecule is CC(C)CC(CCCNC=O)c1ncc(C(C)C)[nH]1. The van der Waals surface area contributed by atoms with E-state index in [1.54, 1.807) is 0 Å². The Bertz CT molecular complexity index is 371. The average Bonchev–Trinajstić information content (AvgIpc) is 2.82. The maximum absolute atomic E-state index is 10.2. The Balaban J connectivity index is 2.63. The van der Waals surface area contributed by atoms with E-state index in [0.717, 1.165) is 38.0 Å². The number of aromatic nitrogens is 2. The molecule has 1 rings (SSSR count). The fourth-order valence-electron chi connectivity index (χ4n) is 2.30. The van der Waals surface area contributed by atoms with Crippen molar-refractivity contribution in [1.29, 1.82) is 0 Å². The van der Waals surface area contributed by atoms with Crippen molar-refractivity contribution in [3.05, 3.63) is 17.7 Å². The Morgan fingerprint density at radius 3 is 2.63 bits per heavy atom. The highest BCUT2D eigenvalue weighted by Crippen LogP contribution is 2.27. The van der Waals surface area contributed by atoms with Crippen LogP contribution in [0.25, 0.3) is 0 Å². The predicted octanol–water partition coefficient (Wildman–Crippen LogP) is 3.19. The van der Waals surface area contributed by atoms with Crippen LogP contribution in [0.15, 0.2) is 6.20 Å². The molecule has 0 aliphatic carbocycles. The molecule has 1 aromatic rings. The predicted molar refractivity (Wildman–Crippen MR) is 78.2 cm³/mol. The maximum Gasteiger partial charge on any atom is 0.207 e. The van der Waals surface area contributed by atoms with Crippen molar-refractivity contribution in [3.63, 3.8) is 0 Å². The summed E-state index contributed by atoms with van der Waals surface area (Å²) in [6.07, 6.45) is 5.91. The first-order chi connectivity index (χ1) is 9.04. The van der Waals surface area contributed by atoms with Gasteiger partial charge in [0.2, 0.25) is 6.41 Å². The lowest BCUT2D eigenvalue weighted by molar-refractivity contribution is -0.109. The first-order valence-electron chi connectivity index (χ1n) is 7.26. The molecule has 19 heavy (non-hydrogen) atoms. The molecule has 1 amide bonds. The second-order valence-electron chi connectivity index (χ2n) is 5.92. The van der Waals surface area contributed by atoms with Gasteiger partial charge in [-0.05, 0) is 31.1 Å². The maximum atomic E-state index is 10.2. The lowest BCUT2D eigenvalue weighted by atomic mass is 9.92. The van der Waals surface area contributed by atoms with E-state index < -0.39 is 0 Å². The first kappa shape index (κ1) is 15.7. The molecule has 0 aromatic carbocycles. The Hall–Kier alpha value is -1.32. The number of rotatable bonds is 9. The summed E-state index contributed by atoms with van der Waals surface area (Å²) < 4.78 is 0. The fourth-order valence-corrected chi connectivity index (χ4v) is 2.30. The molecule has 0 radical (unpaired) electrons. The largest absolute Gasteiger partial charge is 0.359 e. The van der Waals surface area contributed by atoms with Crippen LogP contribution in [0.3, 0.4) is 0 Å². The number of nitrogens with zero attached hydrogens (tertiary/aromatic N) is 1. The monoisotopic (exact) mass is 265 g/mol. The molecule has 0 saturated heterocycles. The zero-order valence-electron chi connectivity index (χ0n) is 12.6. The molecule has 4 heteroatoms. The third-order valence-electron chi connectivity index (χ3n) is 3.34. The van der Waals surface area contributed by atoms with Crippen LogP contribution in [0.1, 0.15) is 70.3 Å². The van der Waals surface area contributed by atoms with E-state index in [0.29, 0.717) is 17.8 Å². The number of imidazole rings is 1. The molecule has 0 fully saturated rings. The van der Waals surface area contributed by atoms with Gasteiger partial charge < -0.3 is 10.3 Å². The summed E-state index contributed by atoms with van der Waals surface area (Å²) in [7, 11) is 0. The smallest absolute Gasteiger partial charge is 0.207 e. The average molecular weight is 265 g/mol. The van der Waals surface area contributed by atoms with Gasteiger partial charge in [0.15, 0.2) is 0 Å². The second kappa shape index (κ2) is 7.97. The first-order valence-corrected chi connectivity index (χ1v) is 7.26. The van der Waals surface area contributed by atoms with E-state index >= 15 is 0 Å². The number of carbonyl (C=O) groups is 1. The topological polar surface area (TPSA) is 57.8 Å². The Labute approximate surface area is 116 Å². The van der Waals surface area contributed by atoms with Gasteiger partial charge >= 0.3 is 0 Å². The molecule has 0 aliphatic heterocycles. The van der Waals surface area contributed by atoms with Crippen molar-refractivity contribution >= 4 is 6.41 Å². The molecule has 0 bridgehead atoms. The highest BCUT2D eigenvalue weighted by atomic mass is 16.1. The highest BCUT2D eigenvalue weighted by Gasteiger charge is 2.17. The van der Waals surface area contributed by atoms with Crippen LogP contribution in [-0.2, 0) is 4.79 Å². The lowest BCUT2D eigenvalue weighted by Gasteiger charge is -2.17. The summed E-state index contributed by atoms with van der Waals surface area (Å²) in [6.45, 7) is 9.56. The second-order valence-corrected chi connectivity index (χ2v) is 5.92. The Kier molecular flexibility index (Phi) is 6.60. The van der Waals surface area contributed by atoms with Crippen LogP contribution in [-0.4, -0.2) is 22.9 Å². The minimum Gasteiger partial charge on any atom is -0.359 e. The molecule has 4 nitrogen and oxygen atoms in total. The van der Waals surface area contributed by atoms with E-state index in [1.165, 1.54) is 5.69 Å². The van der Waals surface area contributed by atoms with Crippen LogP contribution in [0.5, 0.6) is 0 Å². The number of hydrogen-bond donors (Lipinski definition) is 2. The molecule has 1 heterocycles. The minimum atomic E-state index is 0.459. The van der Waals surface area contributed by atoms with Crippen LogP contribution in [0, 0.1) is 5.92 Å². The Morgan fingerprint density at radius 1 is 1.37 bits per heavy atom. The molecular weight excluding hydrogens is 238 g/mol. The number of amides is 1. The van der Waals surface area contributed by atoms with Crippen LogP contribution in [0.2, 0.25) is 0 Å². The van der Waals surface area contributed by atoms with E-state index in [2.05, 4.69) is 43.0 Å². The zero-order valence-corrected chi connectivity index (χ0v) is 12.6. The van der Waals surface area contributed by atoms with Gasteiger partial charge in [0.1, 0.15) is 5.82 Å². The van der Waals surface area contributed by atoms with E-state index in [1.807, 2.05) is 6.20 Å². The Morgan fingerprint density at radius 2 is 2.11 bits per heavy atom. The van der Waals surface area contributed by atoms with Crippen LogP contribution in [0.4, 0.5) is 0 Å². The molecule has 108 valence electrons. The van der Waals surface area contributed by atoms with Crippen molar-refractivity contribution < 1.29 is 4.79 Å². The molecule has 0 spiro atoms. The fraction of sp³-hybridized carbons (Fsp3) is 0.733. The van der Waals surface area contributed by atoms with E-state index in [9.17, 15) is 4.79 Å². The highest BCUT2D eigenvalue weighted by molar-refractivity contribution is 5.45. The van der Waals surface area contributed by atoms with Gasteiger partial charge in [-0.15, -0.1) is 0 Å². The molecule has 0 aliphatic rings. The molecular formula is C15H27N3O. The summed E-state index contributed by atoms with van der Waals surface area (Å²) >= 11 is 0. The zero-order chi connectivity index (χ0) is 14.3. The number of hydrogen-bond acceptors (Lipinski definition) is 2. The standard InChI is InChI=1S/C15H27N3O/c1-11(2)8-13(6-5-7-16-10-19)15-17-9-14(18-15)12(3)4/h9-13H,5-8H2,1-4H3,(H,16,19)(H,17,18). The van der Waals surface area contributed by atoms with Gasteiger partial charge in [0, 0.05) is 24.4 Å². The van der Waals surface area contributed by atoms with Gasteiger partial charge in [-0.1, -0.05) is 27.7 Å². The third kappa shape index (κ3) is 5.45. The summed E-state index contributed by atoms with van der Waals surface area (Å²) in [5.74, 6) is 2.69. The van der Waals surface area contributed by atoms with Gasteiger partial charge in [0.05, 0.1) is 0 Å². The number of H-pyrrole nitrogens is 1. The van der Waals surface area contributed by atoms with Gasteiger partial charge in [-0.25, -0.2) is 4.98 Å². The van der Waals surface area contributed by atoms with Crippen molar-refractivity contribution in [1.82, 2.24) is 15.3 Å². The van der Waals surface area contributed by atoms with E-state index in [-0.39, 0.29) is 0 Å². The van der Waals surface area contributed by atoms with Crippen molar-refractivity contribution in [3.8, 4) is 0 Å². The summed E-state index contributed by atoms with van der Waals surface area (Å²) in [5.41, 5.74) is 1.20. The van der Waals surface area contributed by atoms with Crippen molar-refractivity contribution in [2.24, 2.45) is 5.92 Å². The molecule has 1 unspecified atom stereocenters. The molecule has 2 N–H and O–H groups in total. The van der Waals surface area contributed by atoms with Gasteiger partial charge in [0.25, 0.3) is 0 Å². The van der Waals surface area contributed by atoms with E-state index in [4.69, 9.17) is 0 Å². The minimum absolute atomic E-state index is 0.459. The lowest BCUT2D eigenvalue weighted by Crippen LogP contribution is -2.14. The number of aromatic amines is 1. The number of nitrogens with one attached hydrogen (secondary N) is 2. The third-order valence-corrected chi connectivity index (χ3v) is 3.34. The summed E-state index contributed by atoms with van der Waals surface area (Å²) in [6, 6.07) is 0. The molecule has 1 atom stereocenters. The molecule has 1 aromatic heterocycles.